The Morgan fingerprint density at radius 1 is 1.28 bits per heavy atom. The van der Waals surface area contributed by atoms with Crippen LogP contribution in [0.2, 0.25) is 0 Å². The maximum Gasteiger partial charge on any atom is 0.241 e. The minimum absolute atomic E-state index is 0.460. The van der Waals surface area contributed by atoms with Crippen molar-refractivity contribution in [3.8, 4) is 0 Å². The van der Waals surface area contributed by atoms with Crippen molar-refractivity contribution >= 4 is 34.8 Å². The average Bonchev–Trinajstić information content (AvgIpc) is 2.83. The molecule has 2 fully saturated rings. The Morgan fingerprint density at radius 3 is 2.44 bits per heavy atom. The molecule has 0 aromatic rings. The maximum absolute atomic E-state index is 9.60. The van der Waals surface area contributed by atoms with Crippen LogP contribution in [0.1, 0.15) is 0 Å². The summed E-state index contributed by atoms with van der Waals surface area (Å²) in [6.07, 6.45) is -4.97. The number of aliphatic hydroxyl groups excluding tert-OH is 2. The number of methoxy groups -OCH3 is 1. The van der Waals surface area contributed by atoms with Crippen LogP contribution in [-0.4, -0.2) is 64.7 Å². The van der Waals surface area contributed by atoms with E-state index in [0.29, 0.717) is 0 Å². The molecule has 18 heavy (non-hydrogen) atoms. The maximum atomic E-state index is 9.60. The molecule has 6 atom stereocenters. The number of ether oxygens (including phenoxy) is 4. The molecule has 2 heterocycles. The van der Waals surface area contributed by atoms with Gasteiger partial charge in [-0.15, -0.1) is 0 Å². The molecule has 0 unspecified atom stereocenters. The molecule has 2 rings (SSSR count). The van der Waals surface area contributed by atoms with Crippen molar-refractivity contribution in [1.29, 1.82) is 0 Å². The smallest absolute Gasteiger partial charge is 0.241 e. The van der Waals surface area contributed by atoms with Crippen LogP contribution >= 0.6 is 34.8 Å². The Labute approximate surface area is 119 Å². The topological polar surface area (TPSA) is 77.4 Å². The largest absolute Gasteiger partial charge is 0.394 e. The summed E-state index contributed by atoms with van der Waals surface area (Å²) in [6, 6.07) is 0. The highest BCUT2D eigenvalue weighted by atomic mass is 35.6. The Balaban J connectivity index is 2.06. The van der Waals surface area contributed by atoms with E-state index in [1.807, 2.05) is 0 Å². The number of halogens is 3. The SMILES string of the molecule is CO[C@@H]1[C@@H]2O[C@@H](C(Cl)(Cl)Cl)O[C@@H]2O[C@@H]1[C@H](O)CO. The van der Waals surface area contributed by atoms with E-state index in [1.54, 1.807) is 0 Å². The average molecular weight is 324 g/mol. The van der Waals surface area contributed by atoms with E-state index < -0.39 is 47.4 Å². The van der Waals surface area contributed by atoms with Crippen molar-refractivity contribution in [3.63, 3.8) is 0 Å². The van der Waals surface area contributed by atoms with Crippen LogP contribution in [0.4, 0.5) is 0 Å². The summed E-state index contributed by atoms with van der Waals surface area (Å²) in [7, 11) is 1.43. The van der Waals surface area contributed by atoms with Crippen molar-refractivity contribution in [2.24, 2.45) is 0 Å². The molecule has 9 heteroatoms. The standard InChI is InChI=1S/C9H13Cl3O6/c1-15-5-4(3(14)2-13)16-7-6(5)17-8(18-7)9(10,11)12/h3-8,13-14H,2H2,1H3/t3-,4-,5+,6+,7+,8-/m1/s1. The number of rotatable bonds is 3. The number of fused-ring (bicyclic) bond motifs is 1. The molecule has 0 saturated carbocycles. The second kappa shape index (κ2) is 5.55. The number of alkyl halides is 3. The van der Waals surface area contributed by atoms with E-state index in [4.69, 9.17) is 58.9 Å². The van der Waals surface area contributed by atoms with Gasteiger partial charge in [0, 0.05) is 7.11 Å². The molecule has 2 aliphatic heterocycles. The Bertz CT molecular complexity index is 299. The fourth-order valence-electron chi connectivity index (χ4n) is 2.04. The van der Waals surface area contributed by atoms with Crippen LogP contribution in [0.5, 0.6) is 0 Å². The summed E-state index contributed by atoms with van der Waals surface area (Å²) in [5.41, 5.74) is 0. The first-order chi connectivity index (χ1) is 8.38. The predicted molar refractivity (Wildman–Crippen MR) is 62.6 cm³/mol. The molecule has 0 aromatic heterocycles. The summed E-state index contributed by atoms with van der Waals surface area (Å²) in [4.78, 5) is 0. The van der Waals surface area contributed by atoms with E-state index in [-0.39, 0.29) is 0 Å². The highest BCUT2D eigenvalue weighted by Gasteiger charge is 2.57. The molecular weight excluding hydrogens is 310 g/mol. The van der Waals surface area contributed by atoms with Gasteiger partial charge < -0.3 is 29.2 Å². The molecule has 0 aliphatic carbocycles. The molecule has 0 spiro atoms. The third-order valence-electron chi connectivity index (χ3n) is 2.85. The Hall–Kier alpha value is 0.630. The highest BCUT2D eigenvalue weighted by Crippen LogP contribution is 2.43. The zero-order valence-electron chi connectivity index (χ0n) is 9.33. The van der Waals surface area contributed by atoms with Gasteiger partial charge in [-0.2, -0.15) is 0 Å². The van der Waals surface area contributed by atoms with Crippen LogP contribution < -0.4 is 0 Å². The van der Waals surface area contributed by atoms with E-state index in [9.17, 15) is 5.11 Å². The first-order valence-corrected chi connectivity index (χ1v) is 6.36. The van der Waals surface area contributed by atoms with Crippen LogP contribution in [0.15, 0.2) is 0 Å². The lowest BCUT2D eigenvalue weighted by Gasteiger charge is -2.26. The summed E-state index contributed by atoms with van der Waals surface area (Å²) in [6.45, 7) is -0.460. The predicted octanol–water partition coefficient (Wildman–Crippen LogP) is 0.191. The first kappa shape index (κ1) is 15.0. The van der Waals surface area contributed by atoms with Gasteiger partial charge in [-0.1, -0.05) is 34.8 Å². The number of hydrogen-bond donors (Lipinski definition) is 2. The molecule has 0 aromatic carbocycles. The Morgan fingerprint density at radius 2 is 1.94 bits per heavy atom. The lowest BCUT2D eigenvalue weighted by Crippen LogP contribution is -2.43. The van der Waals surface area contributed by atoms with E-state index >= 15 is 0 Å². The first-order valence-electron chi connectivity index (χ1n) is 5.23. The molecule has 2 saturated heterocycles. The van der Waals surface area contributed by atoms with Crippen molar-refractivity contribution in [1.82, 2.24) is 0 Å². The third-order valence-corrected chi connectivity index (χ3v) is 3.39. The van der Waals surface area contributed by atoms with Crippen molar-refractivity contribution in [2.75, 3.05) is 13.7 Å². The van der Waals surface area contributed by atoms with Crippen molar-refractivity contribution in [3.05, 3.63) is 0 Å². The summed E-state index contributed by atoms with van der Waals surface area (Å²) >= 11 is 17.0. The molecule has 0 amide bonds. The Kier molecular flexibility index (Phi) is 4.64. The lowest BCUT2D eigenvalue weighted by molar-refractivity contribution is -0.190. The normalized spacial score (nSPS) is 42.0. The molecule has 6 nitrogen and oxygen atoms in total. The monoisotopic (exact) mass is 322 g/mol. The van der Waals surface area contributed by atoms with Crippen LogP contribution in [0.25, 0.3) is 0 Å². The number of aliphatic hydroxyl groups is 2. The molecule has 0 bridgehead atoms. The van der Waals surface area contributed by atoms with Gasteiger partial charge in [0.05, 0.1) is 6.61 Å². The number of hydrogen-bond acceptors (Lipinski definition) is 6. The molecule has 2 N–H and O–H groups in total. The zero-order valence-corrected chi connectivity index (χ0v) is 11.6. The lowest BCUT2D eigenvalue weighted by atomic mass is 10.1. The van der Waals surface area contributed by atoms with Crippen LogP contribution in [0.3, 0.4) is 0 Å². The molecule has 0 radical (unpaired) electrons. The zero-order chi connectivity index (χ0) is 13.5. The quantitative estimate of drug-likeness (QED) is 0.722. The molecular formula is C9H13Cl3O6. The summed E-state index contributed by atoms with van der Waals surface area (Å²) < 4.78 is 19.6. The second-order valence-corrected chi connectivity index (χ2v) is 6.40. The van der Waals surface area contributed by atoms with Gasteiger partial charge in [0.1, 0.15) is 24.4 Å². The van der Waals surface area contributed by atoms with E-state index in [2.05, 4.69) is 0 Å². The van der Waals surface area contributed by atoms with Crippen molar-refractivity contribution in [2.45, 2.75) is 40.8 Å². The van der Waals surface area contributed by atoms with E-state index in [1.165, 1.54) is 7.11 Å². The molecule has 106 valence electrons. The highest BCUT2D eigenvalue weighted by molar-refractivity contribution is 6.67. The minimum atomic E-state index is -1.74. The fraction of sp³-hybridized carbons (Fsp3) is 1.00. The summed E-state index contributed by atoms with van der Waals surface area (Å²) in [5, 5.41) is 18.5. The van der Waals surface area contributed by atoms with Gasteiger partial charge in [0.2, 0.25) is 10.1 Å². The van der Waals surface area contributed by atoms with Gasteiger partial charge in [-0.3, -0.25) is 0 Å². The summed E-state index contributed by atoms with van der Waals surface area (Å²) in [5.74, 6) is 0. The minimum Gasteiger partial charge on any atom is -0.394 e. The van der Waals surface area contributed by atoms with Crippen molar-refractivity contribution < 1.29 is 29.2 Å². The van der Waals surface area contributed by atoms with Gasteiger partial charge in [0.25, 0.3) is 0 Å². The fourth-order valence-corrected chi connectivity index (χ4v) is 2.34. The third kappa shape index (κ3) is 2.72. The van der Waals surface area contributed by atoms with Crippen LogP contribution in [-0.2, 0) is 18.9 Å². The van der Waals surface area contributed by atoms with E-state index in [0.717, 1.165) is 0 Å². The van der Waals surface area contributed by atoms with Crippen LogP contribution in [0, 0.1) is 0 Å². The van der Waals surface area contributed by atoms with Gasteiger partial charge in [0.15, 0.2) is 6.29 Å². The second-order valence-electron chi connectivity index (χ2n) is 4.03. The van der Waals surface area contributed by atoms with Gasteiger partial charge in [-0.05, 0) is 0 Å². The molecule has 2 aliphatic rings. The van der Waals surface area contributed by atoms with Gasteiger partial charge >= 0.3 is 0 Å². The van der Waals surface area contributed by atoms with Gasteiger partial charge in [-0.25, -0.2) is 0 Å².